The molecular weight excluding hydrogens is 460 g/mol. The summed E-state index contributed by atoms with van der Waals surface area (Å²) < 4.78 is 0. The highest BCUT2D eigenvalue weighted by Crippen LogP contribution is 2.09. The maximum absolute atomic E-state index is 13.0. The second-order valence-corrected chi connectivity index (χ2v) is 9.05. The van der Waals surface area contributed by atoms with Gasteiger partial charge in [-0.1, -0.05) is 27.7 Å². The molecule has 0 aromatic rings. The molecule has 4 atom stereocenters. The van der Waals surface area contributed by atoms with E-state index in [0.717, 1.165) is 0 Å². The van der Waals surface area contributed by atoms with Crippen LogP contribution < -0.4 is 38.9 Å². The number of nitrogens with two attached hydrogens (primary N) is 4. The van der Waals surface area contributed by atoms with Gasteiger partial charge in [0.05, 0.1) is 12.5 Å². The summed E-state index contributed by atoms with van der Waals surface area (Å²) in [6.45, 7) is 7.11. The Labute approximate surface area is 205 Å². The molecule has 0 heterocycles. The summed E-state index contributed by atoms with van der Waals surface area (Å²) >= 11 is 0. The molecule has 0 saturated carbocycles. The third-order valence-electron chi connectivity index (χ3n) is 4.91. The number of carboxylic acids is 1. The van der Waals surface area contributed by atoms with Gasteiger partial charge >= 0.3 is 5.97 Å². The average Bonchev–Trinajstić information content (AvgIpc) is 2.71. The molecule has 0 aliphatic carbocycles. The minimum atomic E-state index is -1.24. The van der Waals surface area contributed by atoms with Crippen molar-refractivity contribution in [2.24, 2.45) is 39.8 Å². The molecule has 0 aliphatic rings. The normalized spacial score (nSPS) is 14.4. The second-order valence-electron chi connectivity index (χ2n) is 9.05. The predicted octanol–water partition coefficient (Wildman–Crippen LogP) is -2.52. The van der Waals surface area contributed by atoms with Crippen molar-refractivity contribution in [2.45, 2.75) is 77.5 Å². The van der Waals surface area contributed by atoms with Crippen molar-refractivity contribution in [2.75, 3.05) is 6.54 Å². The lowest BCUT2D eigenvalue weighted by molar-refractivity contribution is -0.143. The minimum Gasteiger partial charge on any atom is -0.480 e. The fourth-order valence-electron chi connectivity index (χ4n) is 3.10. The number of carboxylic acid groups (broad SMARTS) is 1. The highest BCUT2D eigenvalue weighted by Gasteiger charge is 2.31. The molecule has 0 rings (SSSR count). The number of hydrogen-bond acceptors (Lipinski definition) is 7. The molecule has 0 saturated heterocycles. The Morgan fingerprint density at radius 2 is 1.40 bits per heavy atom. The number of carbonyl (C=O) groups excluding carboxylic acids is 4. The highest BCUT2D eigenvalue weighted by molar-refractivity contribution is 5.95. The van der Waals surface area contributed by atoms with Crippen LogP contribution in [0.1, 0.15) is 53.4 Å². The first kappa shape index (κ1) is 31.6. The third-order valence-corrected chi connectivity index (χ3v) is 4.91. The van der Waals surface area contributed by atoms with Crippen molar-refractivity contribution in [1.82, 2.24) is 16.0 Å². The molecule has 0 aliphatic heterocycles. The fraction of sp³-hybridized carbons (Fsp3) is 0.714. The van der Waals surface area contributed by atoms with E-state index >= 15 is 0 Å². The van der Waals surface area contributed by atoms with Gasteiger partial charge in [-0.15, -0.1) is 0 Å². The van der Waals surface area contributed by atoms with Crippen LogP contribution in [0, 0.1) is 11.8 Å². The molecule has 35 heavy (non-hydrogen) atoms. The lowest BCUT2D eigenvalue weighted by Crippen LogP contribution is -2.58. The Morgan fingerprint density at radius 3 is 1.86 bits per heavy atom. The van der Waals surface area contributed by atoms with Gasteiger partial charge in [0.15, 0.2) is 5.96 Å². The zero-order valence-corrected chi connectivity index (χ0v) is 20.7. The van der Waals surface area contributed by atoms with Gasteiger partial charge in [-0.05, 0) is 31.1 Å². The summed E-state index contributed by atoms with van der Waals surface area (Å²) in [4.78, 5) is 64.7. The summed E-state index contributed by atoms with van der Waals surface area (Å²) in [5.74, 6) is -4.67. The number of aliphatic carboxylic acids is 1. The highest BCUT2D eigenvalue weighted by atomic mass is 16.4. The van der Waals surface area contributed by atoms with Crippen molar-refractivity contribution < 1.29 is 29.1 Å². The van der Waals surface area contributed by atoms with Gasteiger partial charge in [-0.3, -0.25) is 24.2 Å². The lowest BCUT2D eigenvalue weighted by atomic mass is 10.0. The molecule has 14 nitrogen and oxygen atoms in total. The van der Waals surface area contributed by atoms with E-state index in [1.54, 1.807) is 13.8 Å². The number of carbonyl (C=O) groups is 5. The maximum Gasteiger partial charge on any atom is 0.326 e. The van der Waals surface area contributed by atoms with E-state index in [9.17, 15) is 29.1 Å². The third kappa shape index (κ3) is 13.2. The molecule has 0 radical (unpaired) electrons. The van der Waals surface area contributed by atoms with Crippen molar-refractivity contribution in [3.8, 4) is 0 Å². The van der Waals surface area contributed by atoms with E-state index < -0.39 is 66.1 Å². The first-order valence-corrected chi connectivity index (χ1v) is 11.4. The van der Waals surface area contributed by atoms with Gasteiger partial charge in [-0.25, -0.2) is 4.79 Å². The van der Waals surface area contributed by atoms with E-state index in [0.29, 0.717) is 6.42 Å². The Hall–Kier alpha value is -3.42. The van der Waals surface area contributed by atoms with Gasteiger partial charge < -0.3 is 44.0 Å². The van der Waals surface area contributed by atoms with Gasteiger partial charge in [0.25, 0.3) is 0 Å². The molecule has 14 heteroatoms. The average molecular weight is 501 g/mol. The molecule has 4 amide bonds. The van der Waals surface area contributed by atoms with Crippen molar-refractivity contribution in [3.05, 3.63) is 0 Å². The van der Waals surface area contributed by atoms with Crippen LogP contribution in [0.5, 0.6) is 0 Å². The Balaban J connectivity index is 5.63. The topological polar surface area (TPSA) is 258 Å². The number of aliphatic imine (C=N–C) groups is 1. The van der Waals surface area contributed by atoms with Crippen LogP contribution >= 0.6 is 0 Å². The quantitative estimate of drug-likeness (QED) is 0.0631. The van der Waals surface area contributed by atoms with Crippen LogP contribution in [0.3, 0.4) is 0 Å². The van der Waals surface area contributed by atoms with Crippen LogP contribution in [0.25, 0.3) is 0 Å². The number of guanidine groups is 1. The zero-order valence-electron chi connectivity index (χ0n) is 20.7. The van der Waals surface area contributed by atoms with E-state index in [1.165, 1.54) is 0 Å². The van der Waals surface area contributed by atoms with Crippen molar-refractivity contribution in [1.29, 1.82) is 0 Å². The molecule has 200 valence electrons. The summed E-state index contributed by atoms with van der Waals surface area (Å²) in [6, 6.07) is -4.59. The van der Waals surface area contributed by atoms with Crippen molar-refractivity contribution in [3.63, 3.8) is 0 Å². The van der Waals surface area contributed by atoms with Gasteiger partial charge in [-0.2, -0.15) is 0 Å². The second kappa shape index (κ2) is 15.5. The smallest absolute Gasteiger partial charge is 0.326 e. The van der Waals surface area contributed by atoms with E-state index in [4.69, 9.17) is 22.9 Å². The largest absolute Gasteiger partial charge is 0.480 e. The molecule has 0 aromatic carbocycles. The maximum atomic E-state index is 13.0. The Morgan fingerprint density at radius 1 is 0.857 bits per heavy atom. The SMILES string of the molecule is CC(C)CC(NC(=O)C(N)CC(N)=O)C(=O)NC(CCCN=C(N)N)C(=O)NC(C(=O)O)C(C)C. The molecule has 0 fully saturated rings. The number of rotatable bonds is 16. The summed E-state index contributed by atoms with van der Waals surface area (Å²) in [7, 11) is 0. The number of hydrogen-bond donors (Lipinski definition) is 8. The van der Waals surface area contributed by atoms with Crippen LogP contribution in [-0.2, 0) is 24.0 Å². The van der Waals surface area contributed by atoms with Crippen LogP contribution in [0.15, 0.2) is 4.99 Å². The van der Waals surface area contributed by atoms with Gasteiger partial charge in [0, 0.05) is 6.54 Å². The number of amides is 4. The number of primary amides is 1. The molecule has 12 N–H and O–H groups in total. The van der Waals surface area contributed by atoms with Crippen molar-refractivity contribution >= 4 is 35.6 Å². The predicted molar refractivity (Wildman–Crippen MR) is 129 cm³/mol. The fourth-order valence-corrected chi connectivity index (χ4v) is 3.10. The van der Waals surface area contributed by atoms with Gasteiger partial charge in [0.1, 0.15) is 18.1 Å². The van der Waals surface area contributed by atoms with Crippen LogP contribution in [-0.4, -0.2) is 71.4 Å². The Bertz CT molecular complexity index is 782. The minimum absolute atomic E-state index is 0.0233. The summed E-state index contributed by atoms with van der Waals surface area (Å²) in [5.41, 5.74) is 21.3. The van der Waals surface area contributed by atoms with E-state index in [2.05, 4.69) is 20.9 Å². The molecule has 0 bridgehead atoms. The van der Waals surface area contributed by atoms with Gasteiger partial charge in [0.2, 0.25) is 23.6 Å². The molecule has 0 spiro atoms. The summed E-state index contributed by atoms with van der Waals surface area (Å²) in [5, 5.41) is 16.9. The van der Waals surface area contributed by atoms with Crippen LogP contribution in [0.4, 0.5) is 0 Å². The monoisotopic (exact) mass is 500 g/mol. The standard InChI is InChI=1S/C21H40N8O6/c1-10(2)8-14(28-17(31)12(22)9-15(23)30)19(33)27-13(6-5-7-26-21(24)25)18(32)29-16(11(3)4)20(34)35/h10-14,16H,5-9,22H2,1-4H3,(H2,23,30)(H,27,33)(H,28,31)(H,29,32)(H,34,35)(H4,24,25,26). The van der Waals surface area contributed by atoms with E-state index in [-0.39, 0.29) is 31.3 Å². The first-order valence-electron chi connectivity index (χ1n) is 11.4. The molecule has 0 aromatic heterocycles. The first-order chi connectivity index (χ1) is 16.1. The number of nitrogens with one attached hydrogen (secondary N) is 3. The lowest BCUT2D eigenvalue weighted by Gasteiger charge is -2.26. The van der Waals surface area contributed by atoms with Crippen LogP contribution in [0.2, 0.25) is 0 Å². The van der Waals surface area contributed by atoms with E-state index in [1.807, 2.05) is 13.8 Å². The summed E-state index contributed by atoms with van der Waals surface area (Å²) in [6.07, 6.45) is 0.221. The Kier molecular flexibility index (Phi) is 14.0. The molecule has 4 unspecified atom stereocenters. The zero-order chi connectivity index (χ0) is 27.3. The number of nitrogens with zero attached hydrogens (tertiary/aromatic N) is 1. The molecular formula is C21H40N8O6.